The summed E-state index contributed by atoms with van der Waals surface area (Å²) < 4.78 is 13.2. The molecule has 3 aliphatic rings. The van der Waals surface area contributed by atoms with Crippen molar-refractivity contribution in [2.75, 3.05) is 26.2 Å². The Labute approximate surface area is 153 Å². The van der Waals surface area contributed by atoms with Crippen LogP contribution in [0.25, 0.3) is 0 Å². The van der Waals surface area contributed by atoms with E-state index in [9.17, 15) is 14.0 Å². The highest BCUT2D eigenvalue weighted by Crippen LogP contribution is 2.37. The molecular formula is C20H26FN3O2. The van der Waals surface area contributed by atoms with Crippen molar-refractivity contribution in [1.82, 2.24) is 15.1 Å². The molecule has 6 heteroatoms. The number of nitrogens with zero attached hydrogens (tertiary/aromatic N) is 2. The minimum Gasteiger partial charge on any atom is -0.351 e. The molecule has 0 spiro atoms. The highest BCUT2D eigenvalue weighted by molar-refractivity contribution is 5.78. The van der Waals surface area contributed by atoms with E-state index in [4.69, 9.17) is 0 Å². The number of carbonyl (C=O) groups excluding carboxylic acids is 2. The van der Waals surface area contributed by atoms with Crippen LogP contribution < -0.4 is 5.32 Å². The first-order chi connectivity index (χ1) is 12.6. The Morgan fingerprint density at radius 1 is 1.27 bits per heavy atom. The Hall–Kier alpha value is -1.95. The first-order valence-corrected chi connectivity index (χ1v) is 9.61. The van der Waals surface area contributed by atoms with E-state index in [2.05, 4.69) is 15.1 Å². The maximum Gasteiger partial charge on any atom is 0.234 e. The first-order valence-electron chi connectivity index (χ1n) is 9.61. The van der Waals surface area contributed by atoms with Gasteiger partial charge in [-0.2, -0.15) is 0 Å². The second-order valence-corrected chi connectivity index (χ2v) is 7.97. The quantitative estimate of drug-likeness (QED) is 0.892. The molecular weight excluding hydrogens is 333 g/mol. The third-order valence-corrected chi connectivity index (χ3v) is 6.00. The summed E-state index contributed by atoms with van der Waals surface area (Å²) in [5, 5.41) is 2.89. The molecule has 1 aromatic carbocycles. The van der Waals surface area contributed by atoms with Crippen molar-refractivity contribution in [3.63, 3.8) is 0 Å². The molecule has 26 heavy (non-hydrogen) atoms. The van der Waals surface area contributed by atoms with E-state index >= 15 is 0 Å². The van der Waals surface area contributed by atoms with E-state index < -0.39 is 0 Å². The van der Waals surface area contributed by atoms with Gasteiger partial charge in [0.2, 0.25) is 11.8 Å². The van der Waals surface area contributed by atoms with Crippen molar-refractivity contribution >= 4 is 11.8 Å². The first kappa shape index (κ1) is 17.5. The molecule has 0 aliphatic carbocycles. The molecule has 2 bridgehead atoms. The number of hydrogen-bond acceptors (Lipinski definition) is 3. The van der Waals surface area contributed by atoms with Gasteiger partial charge in [-0.15, -0.1) is 0 Å². The van der Waals surface area contributed by atoms with Crippen molar-refractivity contribution in [3.8, 4) is 0 Å². The number of nitrogens with one attached hydrogen (secondary N) is 1. The van der Waals surface area contributed by atoms with Crippen LogP contribution >= 0.6 is 0 Å². The summed E-state index contributed by atoms with van der Waals surface area (Å²) in [5.41, 5.74) is 0.769. The normalized spacial score (nSPS) is 28.6. The summed E-state index contributed by atoms with van der Waals surface area (Å²) in [4.78, 5) is 28.8. The van der Waals surface area contributed by atoms with Crippen molar-refractivity contribution in [2.45, 2.75) is 38.3 Å². The number of fused-ring (bicyclic) bond motifs is 4. The van der Waals surface area contributed by atoms with Gasteiger partial charge in [0.1, 0.15) is 5.82 Å². The Morgan fingerprint density at radius 2 is 2.15 bits per heavy atom. The van der Waals surface area contributed by atoms with Crippen LogP contribution in [0.3, 0.4) is 0 Å². The zero-order chi connectivity index (χ0) is 18.1. The average Bonchev–Trinajstić information content (AvgIpc) is 2.61. The van der Waals surface area contributed by atoms with Crippen LogP contribution in [0, 0.1) is 17.7 Å². The number of piperidine rings is 3. The number of carbonyl (C=O) groups is 2. The van der Waals surface area contributed by atoms with Crippen molar-refractivity contribution in [1.29, 1.82) is 0 Å². The fraction of sp³-hybridized carbons (Fsp3) is 0.600. The summed E-state index contributed by atoms with van der Waals surface area (Å²) in [6.07, 6.45) is 3.97. The van der Waals surface area contributed by atoms with Gasteiger partial charge in [-0.25, -0.2) is 4.39 Å². The Bertz CT molecular complexity index is 695. The standard InChI is InChI=1S/C20H26FN3O2/c21-17-4-1-3-14(8-17)9-22-19(25)13-23-10-15-7-16(12-23)18-5-2-6-20(26)24(18)11-15/h1,3-4,8,15-16,18H,2,5-7,9-13H2,(H,22,25)/t15?,16?,18-/m1/s1. The molecule has 140 valence electrons. The van der Waals surface area contributed by atoms with Crippen LogP contribution in [0.15, 0.2) is 24.3 Å². The lowest BCUT2D eigenvalue weighted by Gasteiger charge is -2.52. The monoisotopic (exact) mass is 359 g/mol. The van der Waals surface area contributed by atoms with Gasteiger partial charge in [-0.1, -0.05) is 12.1 Å². The SMILES string of the molecule is O=C(CN1CC2CC(C1)[C@H]1CCCC(=O)N1C2)NCc1cccc(F)c1. The molecule has 0 aromatic heterocycles. The molecule has 1 aromatic rings. The van der Waals surface area contributed by atoms with Gasteiger partial charge in [0.05, 0.1) is 6.54 Å². The minimum absolute atomic E-state index is 0.0224. The molecule has 0 saturated carbocycles. The molecule has 3 aliphatic heterocycles. The molecule has 3 fully saturated rings. The van der Waals surface area contributed by atoms with Crippen molar-refractivity contribution in [2.24, 2.45) is 11.8 Å². The fourth-order valence-corrected chi connectivity index (χ4v) is 4.95. The Balaban J connectivity index is 1.31. The molecule has 3 saturated heterocycles. The van der Waals surface area contributed by atoms with Gasteiger partial charge in [0, 0.05) is 38.6 Å². The van der Waals surface area contributed by atoms with Crippen molar-refractivity contribution < 1.29 is 14.0 Å². The Morgan fingerprint density at radius 3 is 3.00 bits per heavy atom. The molecule has 1 N–H and O–H groups in total. The van der Waals surface area contributed by atoms with Crippen LogP contribution in [0.1, 0.15) is 31.2 Å². The highest BCUT2D eigenvalue weighted by atomic mass is 19.1. The molecule has 2 amide bonds. The van der Waals surface area contributed by atoms with Crippen LogP contribution in [0.4, 0.5) is 4.39 Å². The van der Waals surface area contributed by atoms with E-state index in [1.54, 1.807) is 6.07 Å². The molecule has 3 heterocycles. The van der Waals surface area contributed by atoms with Gasteiger partial charge in [0.15, 0.2) is 0 Å². The minimum atomic E-state index is -0.285. The fourth-order valence-electron chi connectivity index (χ4n) is 4.95. The highest BCUT2D eigenvalue weighted by Gasteiger charge is 2.43. The maximum absolute atomic E-state index is 13.2. The van der Waals surface area contributed by atoms with Crippen molar-refractivity contribution in [3.05, 3.63) is 35.6 Å². The molecule has 3 atom stereocenters. The second-order valence-electron chi connectivity index (χ2n) is 7.97. The zero-order valence-corrected chi connectivity index (χ0v) is 15.0. The third-order valence-electron chi connectivity index (χ3n) is 6.00. The summed E-state index contributed by atoms with van der Waals surface area (Å²) in [7, 11) is 0. The van der Waals surface area contributed by atoms with E-state index in [0.717, 1.165) is 38.0 Å². The molecule has 2 unspecified atom stereocenters. The lowest BCUT2D eigenvalue weighted by Crippen LogP contribution is -2.61. The summed E-state index contributed by atoms with van der Waals surface area (Å²) in [6, 6.07) is 6.67. The predicted molar refractivity (Wildman–Crippen MR) is 95.6 cm³/mol. The van der Waals surface area contributed by atoms with Gasteiger partial charge >= 0.3 is 0 Å². The van der Waals surface area contributed by atoms with E-state index in [-0.39, 0.29) is 11.7 Å². The number of rotatable bonds is 4. The summed E-state index contributed by atoms with van der Waals surface area (Å²) in [5.74, 6) is 0.973. The number of hydrogen-bond donors (Lipinski definition) is 1. The topological polar surface area (TPSA) is 52.7 Å². The zero-order valence-electron chi connectivity index (χ0n) is 15.0. The smallest absolute Gasteiger partial charge is 0.234 e. The third kappa shape index (κ3) is 3.75. The molecule has 0 radical (unpaired) electrons. The molecule has 4 rings (SSSR count). The van der Waals surface area contributed by atoms with Crippen LogP contribution in [-0.2, 0) is 16.1 Å². The van der Waals surface area contributed by atoms with E-state index in [0.29, 0.717) is 43.3 Å². The number of benzene rings is 1. The number of likely N-dealkylation sites (tertiary alicyclic amines) is 1. The average molecular weight is 359 g/mol. The maximum atomic E-state index is 13.2. The summed E-state index contributed by atoms with van der Waals surface area (Å²) in [6.45, 7) is 3.34. The lowest BCUT2D eigenvalue weighted by molar-refractivity contribution is -0.145. The van der Waals surface area contributed by atoms with Crippen LogP contribution in [-0.4, -0.2) is 53.8 Å². The summed E-state index contributed by atoms with van der Waals surface area (Å²) >= 11 is 0. The van der Waals surface area contributed by atoms with E-state index in [1.165, 1.54) is 18.6 Å². The largest absolute Gasteiger partial charge is 0.351 e. The lowest BCUT2D eigenvalue weighted by atomic mass is 9.76. The van der Waals surface area contributed by atoms with Crippen LogP contribution in [0.5, 0.6) is 0 Å². The number of halogens is 1. The molecule has 5 nitrogen and oxygen atoms in total. The van der Waals surface area contributed by atoms with E-state index in [1.807, 2.05) is 6.07 Å². The van der Waals surface area contributed by atoms with Gasteiger partial charge < -0.3 is 10.2 Å². The van der Waals surface area contributed by atoms with Crippen LogP contribution in [0.2, 0.25) is 0 Å². The predicted octanol–water partition coefficient (Wildman–Crippen LogP) is 1.77. The van der Waals surface area contributed by atoms with Gasteiger partial charge in [0.25, 0.3) is 0 Å². The Kier molecular flexibility index (Phi) is 4.94. The van der Waals surface area contributed by atoms with Gasteiger partial charge in [-0.05, 0) is 48.8 Å². The van der Waals surface area contributed by atoms with Gasteiger partial charge in [-0.3, -0.25) is 14.5 Å². The second kappa shape index (κ2) is 7.35. The number of amides is 2.